The Morgan fingerprint density at radius 2 is 1.76 bits per heavy atom. The third-order valence-electron chi connectivity index (χ3n) is 2.61. The van der Waals surface area contributed by atoms with Crippen LogP contribution in [0.1, 0.15) is 10.4 Å². The van der Waals surface area contributed by atoms with Crippen molar-refractivity contribution in [3.05, 3.63) is 53.1 Å². The van der Waals surface area contributed by atoms with E-state index in [9.17, 15) is 18.0 Å². The summed E-state index contributed by atoms with van der Waals surface area (Å²) in [7, 11) is 0. The molecule has 0 aromatic heterocycles. The molecule has 2 rings (SSSR count). The molecule has 110 valence electrons. The Labute approximate surface area is 122 Å². The lowest BCUT2D eigenvalue weighted by Crippen LogP contribution is -2.17. The van der Waals surface area contributed by atoms with Crippen molar-refractivity contribution < 1.29 is 27.8 Å². The van der Waals surface area contributed by atoms with Crippen LogP contribution in [0.5, 0.6) is 5.75 Å². The molecule has 0 aliphatic carbocycles. The van der Waals surface area contributed by atoms with Crippen molar-refractivity contribution >= 4 is 17.6 Å². The van der Waals surface area contributed by atoms with E-state index in [-0.39, 0.29) is 21.7 Å². The van der Waals surface area contributed by atoms with Gasteiger partial charge in [-0.3, -0.25) is 0 Å². The molecular formula is C14H8ClF3O3. The number of halogens is 4. The molecule has 0 amide bonds. The molecule has 21 heavy (non-hydrogen) atoms. The van der Waals surface area contributed by atoms with E-state index in [0.717, 1.165) is 6.07 Å². The van der Waals surface area contributed by atoms with Gasteiger partial charge in [0.15, 0.2) is 0 Å². The number of alkyl halides is 3. The van der Waals surface area contributed by atoms with Crippen LogP contribution < -0.4 is 4.74 Å². The maximum absolute atomic E-state index is 12.4. The lowest BCUT2D eigenvalue weighted by molar-refractivity contribution is -0.274. The SMILES string of the molecule is O=C(O)c1ccc(Cl)cc1-c1ccccc1OC(F)(F)F. The maximum Gasteiger partial charge on any atom is 0.573 e. The molecule has 3 nitrogen and oxygen atoms in total. The fourth-order valence-electron chi connectivity index (χ4n) is 1.83. The van der Waals surface area contributed by atoms with E-state index >= 15 is 0 Å². The van der Waals surface area contributed by atoms with Crippen LogP contribution in [-0.4, -0.2) is 17.4 Å². The Balaban J connectivity index is 2.62. The lowest BCUT2D eigenvalue weighted by atomic mass is 9.99. The molecule has 0 aliphatic rings. The highest BCUT2D eigenvalue weighted by Gasteiger charge is 2.32. The van der Waals surface area contributed by atoms with Crippen LogP contribution in [0, 0.1) is 0 Å². The van der Waals surface area contributed by atoms with Crippen molar-refractivity contribution in [3.8, 4) is 16.9 Å². The zero-order valence-electron chi connectivity index (χ0n) is 10.3. The monoisotopic (exact) mass is 316 g/mol. The van der Waals surface area contributed by atoms with Crippen LogP contribution in [0.15, 0.2) is 42.5 Å². The standard InChI is InChI=1S/C14H8ClF3O3/c15-8-5-6-10(13(19)20)11(7-8)9-3-1-2-4-12(9)21-14(16,17)18/h1-7H,(H,19,20). The number of carboxylic acids is 1. The summed E-state index contributed by atoms with van der Waals surface area (Å²) in [5, 5.41) is 9.34. The van der Waals surface area contributed by atoms with Crippen LogP contribution in [0.25, 0.3) is 11.1 Å². The van der Waals surface area contributed by atoms with Crippen molar-refractivity contribution in [1.29, 1.82) is 0 Å². The van der Waals surface area contributed by atoms with Crippen molar-refractivity contribution in [1.82, 2.24) is 0 Å². The largest absolute Gasteiger partial charge is 0.573 e. The number of carboxylic acid groups (broad SMARTS) is 1. The predicted octanol–water partition coefficient (Wildman–Crippen LogP) is 4.60. The van der Waals surface area contributed by atoms with Crippen LogP contribution in [-0.2, 0) is 0 Å². The molecule has 0 unspecified atom stereocenters. The average Bonchev–Trinajstić information content (AvgIpc) is 2.37. The summed E-state index contributed by atoms with van der Waals surface area (Å²) < 4.78 is 41.2. The van der Waals surface area contributed by atoms with E-state index in [1.807, 2.05) is 0 Å². The second-order valence-corrected chi connectivity index (χ2v) is 4.48. The fraction of sp³-hybridized carbons (Fsp3) is 0.0714. The van der Waals surface area contributed by atoms with Gasteiger partial charge < -0.3 is 9.84 Å². The number of hydrogen-bond acceptors (Lipinski definition) is 2. The molecule has 0 saturated carbocycles. The summed E-state index contributed by atoms with van der Waals surface area (Å²) in [5.41, 5.74) is -0.123. The first-order valence-corrected chi connectivity index (χ1v) is 6.04. The second-order valence-electron chi connectivity index (χ2n) is 4.04. The zero-order chi connectivity index (χ0) is 15.6. The van der Waals surface area contributed by atoms with Gasteiger partial charge in [-0.05, 0) is 24.3 Å². The third-order valence-corrected chi connectivity index (χ3v) is 2.85. The molecular weight excluding hydrogens is 309 g/mol. The summed E-state index contributed by atoms with van der Waals surface area (Å²) in [6.45, 7) is 0. The molecule has 0 spiro atoms. The number of para-hydroxylation sites is 1. The van der Waals surface area contributed by atoms with E-state index in [1.54, 1.807) is 0 Å². The average molecular weight is 317 g/mol. The lowest BCUT2D eigenvalue weighted by Gasteiger charge is -2.14. The molecule has 0 fully saturated rings. The molecule has 1 N–H and O–H groups in total. The minimum Gasteiger partial charge on any atom is -0.478 e. The third kappa shape index (κ3) is 3.66. The molecule has 7 heteroatoms. The van der Waals surface area contributed by atoms with Gasteiger partial charge in [-0.15, -0.1) is 13.2 Å². The fourth-order valence-corrected chi connectivity index (χ4v) is 2.00. The Bertz CT molecular complexity index is 683. The minimum atomic E-state index is -4.88. The van der Waals surface area contributed by atoms with Gasteiger partial charge in [-0.1, -0.05) is 29.8 Å². The van der Waals surface area contributed by atoms with Crippen molar-refractivity contribution in [3.63, 3.8) is 0 Å². The van der Waals surface area contributed by atoms with E-state index in [0.29, 0.717) is 0 Å². The summed E-state index contributed by atoms with van der Waals surface area (Å²) in [6.07, 6.45) is -4.88. The first-order chi connectivity index (χ1) is 9.78. The highest BCUT2D eigenvalue weighted by atomic mass is 35.5. The first-order valence-electron chi connectivity index (χ1n) is 5.66. The number of benzene rings is 2. The molecule has 0 radical (unpaired) electrons. The van der Waals surface area contributed by atoms with Crippen LogP contribution in [0.3, 0.4) is 0 Å². The second kappa shape index (κ2) is 5.65. The molecule has 0 saturated heterocycles. The molecule has 0 heterocycles. The van der Waals surface area contributed by atoms with Crippen molar-refractivity contribution in [2.24, 2.45) is 0 Å². The summed E-state index contributed by atoms with van der Waals surface area (Å²) >= 11 is 5.80. The predicted molar refractivity (Wildman–Crippen MR) is 70.5 cm³/mol. The Morgan fingerprint density at radius 3 is 2.38 bits per heavy atom. The maximum atomic E-state index is 12.4. The smallest absolute Gasteiger partial charge is 0.478 e. The Kier molecular flexibility index (Phi) is 4.09. The van der Waals surface area contributed by atoms with Gasteiger partial charge in [-0.2, -0.15) is 0 Å². The van der Waals surface area contributed by atoms with Gasteiger partial charge in [0.05, 0.1) is 5.56 Å². The van der Waals surface area contributed by atoms with Crippen LogP contribution >= 0.6 is 11.6 Å². The van der Waals surface area contributed by atoms with Gasteiger partial charge in [0.1, 0.15) is 5.75 Å². The Hall–Kier alpha value is -2.21. The first kappa shape index (κ1) is 15.2. The molecule has 0 atom stereocenters. The molecule has 2 aromatic rings. The molecule has 2 aromatic carbocycles. The van der Waals surface area contributed by atoms with Crippen LogP contribution in [0.2, 0.25) is 5.02 Å². The summed E-state index contributed by atoms with van der Waals surface area (Å²) in [5.74, 6) is -1.77. The van der Waals surface area contributed by atoms with Gasteiger partial charge in [0, 0.05) is 16.1 Å². The van der Waals surface area contributed by atoms with Gasteiger partial charge in [-0.25, -0.2) is 4.79 Å². The zero-order valence-corrected chi connectivity index (χ0v) is 11.1. The van der Waals surface area contributed by atoms with E-state index in [1.165, 1.54) is 36.4 Å². The number of hydrogen-bond donors (Lipinski definition) is 1. The normalized spacial score (nSPS) is 11.2. The molecule has 0 bridgehead atoms. The number of rotatable bonds is 3. The van der Waals surface area contributed by atoms with E-state index in [4.69, 9.17) is 16.7 Å². The number of carbonyl (C=O) groups is 1. The van der Waals surface area contributed by atoms with E-state index < -0.39 is 18.1 Å². The van der Waals surface area contributed by atoms with Gasteiger partial charge in [0.2, 0.25) is 0 Å². The molecule has 0 aliphatic heterocycles. The number of ether oxygens (including phenoxy) is 1. The summed E-state index contributed by atoms with van der Waals surface area (Å²) in [6, 6.07) is 9.13. The van der Waals surface area contributed by atoms with Crippen molar-refractivity contribution in [2.75, 3.05) is 0 Å². The highest BCUT2D eigenvalue weighted by molar-refractivity contribution is 6.31. The van der Waals surface area contributed by atoms with Crippen LogP contribution in [0.4, 0.5) is 13.2 Å². The van der Waals surface area contributed by atoms with Gasteiger partial charge in [0.25, 0.3) is 0 Å². The highest BCUT2D eigenvalue weighted by Crippen LogP contribution is 2.36. The minimum absolute atomic E-state index is 0.00488. The number of aromatic carboxylic acids is 1. The Morgan fingerprint density at radius 1 is 1.10 bits per heavy atom. The summed E-state index contributed by atoms with van der Waals surface area (Å²) in [4.78, 5) is 11.2. The van der Waals surface area contributed by atoms with Crippen molar-refractivity contribution in [2.45, 2.75) is 6.36 Å². The topological polar surface area (TPSA) is 46.5 Å². The quantitative estimate of drug-likeness (QED) is 0.900. The van der Waals surface area contributed by atoms with E-state index in [2.05, 4.69) is 4.74 Å². The van der Waals surface area contributed by atoms with Gasteiger partial charge >= 0.3 is 12.3 Å².